The highest BCUT2D eigenvalue weighted by Crippen LogP contribution is 2.22. The first-order chi connectivity index (χ1) is 8.11. The molecule has 86 valence electrons. The number of hydrogen-bond donors (Lipinski definition) is 0. The zero-order valence-electron chi connectivity index (χ0n) is 8.98. The minimum atomic E-state index is 0.329. The van der Waals surface area contributed by atoms with E-state index in [0.29, 0.717) is 22.3 Å². The Balaban J connectivity index is 2.32. The Morgan fingerprint density at radius 2 is 2.18 bits per heavy atom. The van der Waals surface area contributed by atoms with Crippen molar-refractivity contribution in [1.29, 1.82) is 5.26 Å². The number of hydrogen-bond acceptors (Lipinski definition) is 3. The van der Waals surface area contributed by atoms with Crippen molar-refractivity contribution in [2.75, 3.05) is 0 Å². The third-order valence-electron chi connectivity index (χ3n) is 2.42. The lowest BCUT2D eigenvalue weighted by atomic mass is 10.2. The highest BCUT2D eigenvalue weighted by atomic mass is 35.5. The Labute approximate surface area is 108 Å². The molecule has 1 heterocycles. The van der Waals surface area contributed by atoms with Crippen LogP contribution in [0.5, 0.6) is 0 Å². The first-order valence-corrected chi connectivity index (χ1v) is 5.61. The van der Waals surface area contributed by atoms with Gasteiger partial charge in [0.1, 0.15) is 6.07 Å². The van der Waals surface area contributed by atoms with Crippen molar-refractivity contribution in [1.82, 2.24) is 15.0 Å². The molecule has 17 heavy (non-hydrogen) atoms. The molecule has 1 aromatic heterocycles. The lowest BCUT2D eigenvalue weighted by Gasteiger charge is -2.05. The number of benzene rings is 1. The second-order valence-electron chi connectivity index (χ2n) is 3.53. The molecule has 2 aromatic rings. The fourth-order valence-corrected chi connectivity index (χ4v) is 1.89. The standard InChI is InChI=1S/C11H8Cl2N4/c1-7-11(5-14)15-16-17(7)6-8-2-3-9(12)4-10(8)13/h2-4H,6H2,1H3. The molecule has 6 heteroatoms. The van der Waals surface area contributed by atoms with Gasteiger partial charge < -0.3 is 0 Å². The molecule has 0 aliphatic heterocycles. The summed E-state index contributed by atoms with van der Waals surface area (Å²) in [6.07, 6.45) is 0. The zero-order chi connectivity index (χ0) is 12.4. The predicted molar refractivity (Wildman–Crippen MR) is 65.0 cm³/mol. The summed E-state index contributed by atoms with van der Waals surface area (Å²) in [5.41, 5.74) is 1.93. The summed E-state index contributed by atoms with van der Waals surface area (Å²) in [6.45, 7) is 2.26. The highest BCUT2D eigenvalue weighted by Gasteiger charge is 2.09. The lowest BCUT2D eigenvalue weighted by Crippen LogP contribution is -2.04. The zero-order valence-corrected chi connectivity index (χ0v) is 10.5. The van der Waals surface area contributed by atoms with Crippen LogP contribution in [0.2, 0.25) is 10.0 Å². The van der Waals surface area contributed by atoms with Gasteiger partial charge in [0, 0.05) is 10.0 Å². The van der Waals surface area contributed by atoms with Crippen LogP contribution < -0.4 is 0 Å². The van der Waals surface area contributed by atoms with E-state index in [2.05, 4.69) is 10.3 Å². The molecule has 0 saturated heterocycles. The van der Waals surface area contributed by atoms with E-state index in [1.807, 2.05) is 12.1 Å². The van der Waals surface area contributed by atoms with Crippen LogP contribution >= 0.6 is 23.2 Å². The fraction of sp³-hybridized carbons (Fsp3) is 0.182. The molecule has 0 fully saturated rings. The van der Waals surface area contributed by atoms with E-state index in [1.165, 1.54) is 0 Å². The van der Waals surface area contributed by atoms with E-state index in [1.54, 1.807) is 23.7 Å². The van der Waals surface area contributed by atoms with Crippen LogP contribution in [-0.2, 0) is 6.54 Å². The third kappa shape index (κ3) is 2.41. The molecule has 1 aromatic carbocycles. The van der Waals surface area contributed by atoms with Crippen LogP contribution in [0.3, 0.4) is 0 Å². The SMILES string of the molecule is Cc1c(C#N)nnn1Cc1ccc(Cl)cc1Cl. The molecule has 0 spiro atoms. The maximum absolute atomic E-state index is 8.78. The maximum atomic E-state index is 8.78. The summed E-state index contributed by atoms with van der Waals surface area (Å²) in [5, 5.41) is 17.6. The minimum Gasteiger partial charge on any atom is -0.244 e. The monoisotopic (exact) mass is 266 g/mol. The summed E-state index contributed by atoms with van der Waals surface area (Å²) < 4.78 is 1.63. The molecule has 2 rings (SSSR count). The molecular weight excluding hydrogens is 259 g/mol. The fourth-order valence-electron chi connectivity index (χ4n) is 1.43. The highest BCUT2D eigenvalue weighted by molar-refractivity contribution is 6.35. The lowest BCUT2D eigenvalue weighted by molar-refractivity contribution is 0.633. The summed E-state index contributed by atoms with van der Waals surface area (Å²) in [7, 11) is 0. The second-order valence-corrected chi connectivity index (χ2v) is 4.37. The molecule has 0 atom stereocenters. The van der Waals surface area contributed by atoms with Crippen LogP contribution in [0.25, 0.3) is 0 Å². The predicted octanol–water partition coefficient (Wildman–Crippen LogP) is 2.81. The normalized spacial score (nSPS) is 10.2. The van der Waals surface area contributed by atoms with Crippen molar-refractivity contribution < 1.29 is 0 Å². The molecule has 0 N–H and O–H groups in total. The van der Waals surface area contributed by atoms with E-state index in [4.69, 9.17) is 28.5 Å². The molecule has 0 unspecified atom stereocenters. The van der Waals surface area contributed by atoms with Gasteiger partial charge in [-0.1, -0.05) is 34.5 Å². The van der Waals surface area contributed by atoms with Gasteiger partial charge in [-0.3, -0.25) is 0 Å². The van der Waals surface area contributed by atoms with Gasteiger partial charge in [-0.25, -0.2) is 4.68 Å². The third-order valence-corrected chi connectivity index (χ3v) is 3.01. The maximum Gasteiger partial charge on any atom is 0.185 e. The van der Waals surface area contributed by atoms with Crippen molar-refractivity contribution in [3.8, 4) is 6.07 Å². The van der Waals surface area contributed by atoms with Gasteiger partial charge in [-0.05, 0) is 24.6 Å². The van der Waals surface area contributed by atoms with Gasteiger partial charge in [-0.15, -0.1) is 5.10 Å². The number of nitriles is 1. The van der Waals surface area contributed by atoms with Gasteiger partial charge in [0.2, 0.25) is 0 Å². The second kappa shape index (κ2) is 4.74. The van der Waals surface area contributed by atoms with Crippen molar-refractivity contribution >= 4 is 23.2 Å². The van der Waals surface area contributed by atoms with Crippen molar-refractivity contribution in [3.05, 3.63) is 45.2 Å². The van der Waals surface area contributed by atoms with E-state index in [-0.39, 0.29) is 0 Å². The average molecular weight is 267 g/mol. The Kier molecular flexibility index (Phi) is 3.32. The number of halogens is 2. The van der Waals surface area contributed by atoms with Crippen molar-refractivity contribution in [2.24, 2.45) is 0 Å². The molecule has 0 saturated carbocycles. The van der Waals surface area contributed by atoms with E-state index in [9.17, 15) is 0 Å². The molecule has 0 bridgehead atoms. The average Bonchev–Trinajstić information content (AvgIpc) is 2.64. The number of nitrogens with zero attached hydrogens (tertiary/aromatic N) is 4. The quantitative estimate of drug-likeness (QED) is 0.840. The van der Waals surface area contributed by atoms with Gasteiger partial charge in [-0.2, -0.15) is 5.26 Å². The molecule has 0 amide bonds. The Morgan fingerprint density at radius 3 is 2.76 bits per heavy atom. The summed E-state index contributed by atoms with van der Waals surface area (Å²) in [6, 6.07) is 7.25. The minimum absolute atomic E-state index is 0.329. The molecular formula is C11H8Cl2N4. The number of aromatic nitrogens is 3. The smallest absolute Gasteiger partial charge is 0.185 e. The first kappa shape index (κ1) is 11.9. The van der Waals surface area contributed by atoms with E-state index in [0.717, 1.165) is 11.3 Å². The van der Waals surface area contributed by atoms with Gasteiger partial charge in [0.05, 0.1) is 12.2 Å². The van der Waals surface area contributed by atoms with Crippen LogP contribution in [0, 0.1) is 18.3 Å². The van der Waals surface area contributed by atoms with Crippen LogP contribution in [-0.4, -0.2) is 15.0 Å². The molecule has 0 radical (unpaired) electrons. The Hall–Kier alpha value is -1.57. The Bertz CT molecular complexity index is 598. The van der Waals surface area contributed by atoms with E-state index >= 15 is 0 Å². The molecule has 0 aliphatic rings. The van der Waals surface area contributed by atoms with E-state index < -0.39 is 0 Å². The summed E-state index contributed by atoms with van der Waals surface area (Å²) in [5.74, 6) is 0. The van der Waals surface area contributed by atoms with Crippen molar-refractivity contribution in [3.63, 3.8) is 0 Å². The molecule has 0 aliphatic carbocycles. The number of rotatable bonds is 2. The van der Waals surface area contributed by atoms with Crippen LogP contribution in [0.4, 0.5) is 0 Å². The topological polar surface area (TPSA) is 54.5 Å². The van der Waals surface area contributed by atoms with Gasteiger partial charge in [0.15, 0.2) is 5.69 Å². The van der Waals surface area contributed by atoms with Gasteiger partial charge >= 0.3 is 0 Å². The Morgan fingerprint density at radius 1 is 1.41 bits per heavy atom. The van der Waals surface area contributed by atoms with Crippen molar-refractivity contribution in [2.45, 2.75) is 13.5 Å². The van der Waals surface area contributed by atoms with Gasteiger partial charge in [0.25, 0.3) is 0 Å². The first-order valence-electron chi connectivity index (χ1n) is 4.86. The van der Waals surface area contributed by atoms with Crippen LogP contribution in [0.15, 0.2) is 18.2 Å². The summed E-state index contributed by atoms with van der Waals surface area (Å²) in [4.78, 5) is 0. The summed E-state index contributed by atoms with van der Waals surface area (Å²) >= 11 is 11.9. The molecule has 4 nitrogen and oxygen atoms in total. The van der Waals surface area contributed by atoms with Crippen LogP contribution in [0.1, 0.15) is 17.0 Å². The largest absolute Gasteiger partial charge is 0.244 e.